The minimum atomic E-state index is -6.85. The van der Waals surface area contributed by atoms with Crippen LogP contribution in [0.15, 0.2) is 12.1 Å². The molecule has 2 saturated carbocycles. The zero-order valence-electron chi connectivity index (χ0n) is 27.9. The van der Waals surface area contributed by atoms with E-state index in [2.05, 4.69) is 5.92 Å². The molecule has 2 N–H and O–H groups in total. The number of hydrogen-bond acceptors (Lipinski definition) is 3. The topological polar surface area (TPSA) is 43.7 Å². The van der Waals surface area contributed by atoms with Gasteiger partial charge >= 0.3 is 23.9 Å². The van der Waals surface area contributed by atoms with Gasteiger partial charge in [-0.2, -0.15) is 39.5 Å². The summed E-state index contributed by atoms with van der Waals surface area (Å²) in [6.07, 6.45) is 1.47. The number of rotatable bonds is 15. The average Bonchev–Trinajstić information content (AvgIpc) is 3.30. The van der Waals surface area contributed by atoms with Crippen molar-refractivity contribution in [2.45, 2.75) is 133 Å². The highest BCUT2D eigenvalue weighted by Crippen LogP contribution is 2.63. The van der Waals surface area contributed by atoms with Gasteiger partial charge in [0.1, 0.15) is 11.9 Å². The van der Waals surface area contributed by atoms with Crippen LogP contribution < -0.4 is 0 Å². The van der Waals surface area contributed by atoms with Crippen LogP contribution in [0.25, 0.3) is 0 Å². The first-order valence-electron chi connectivity index (χ1n) is 17.2. The number of fused-ring (bicyclic) bond motifs is 5. The number of alkyl halides is 10. The molecule has 13 heteroatoms. The Morgan fingerprint density at radius 1 is 0.898 bits per heavy atom. The van der Waals surface area contributed by atoms with Crippen LogP contribution in [-0.2, 0) is 6.42 Å². The molecule has 3 aliphatic rings. The molecule has 49 heavy (non-hydrogen) atoms. The van der Waals surface area contributed by atoms with Crippen molar-refractivity contribution < 1.29 is 54.1 Å². The number of halogens is 10. The second-order valence-electron chi connectivity index (χ2n) is 14.9. The summed E-state index contributed by atoms with van der Waals surface area (Å²) < 4.78 is 133. The molecular weight excluding hydrogens is 668 g/mol. The van der Waals surface area contributed by atoms with Gasteiger partial charge in [0, 0.05) is 12.3 Å². The fraction of sp³-hybridized carbons (Fsp3) is 0.778. The van der Waals surface area contributed by atoms with Crippen molar-refractivity contribution in [2.24, 2.45) is 23.2 Å². The van der Waals surface area contributed by atoms with Crippen LogP contribution in [0.1, 0.15) is 107 Å². The number of aromatic hydroxyl groups is 1. The van der Waals surface area contributed by atoms with E-state index in [1.54, 1.807) is 12.1 Å². The average molecular weight is 716 g/mol. The summed E-state index contributed by atoms with van der Waals surface area (Å²) in [4.78, 5) is 2.02. The third kappa shape index (κ3) is 7.70. The highest BCUT2D eigenvalue weighted by Gasteiger charge is 2.81. The Hall–Kier alpha value is -2.20. The summed E-state index contributed by atoms with van der Waals surface area (Å²) in [5.74, 6) is -16.4. The zero-order chi connectivity index (χ0) is 36.6. The Bertz CT molecular complexity index is 1330. The van der Waals surface area contributed by atoms with E-state index in [1.165, 1.54) is 0 Å². The molecule has 1 aromatic carbocycles. The largest absolute Gasteiger partial charge is 0.507 e. The second-order valence-corrected chi connectivity index (χ2v) is 14.9. The van der Waals surface area contributed by atoms with Gasteiger partial charge < -0.3 is 15.1 Å². The molecule has 278 valence electrons. The molecule has 3 nitrogen and oxygen atoms in total. The number of aliphatic hydroxyl groups excluding tert-OH is 1. The first-order chi connectivity index (χ1) is 22.7. The number of hydrogen-bond donors (Lipinski definition) is 2. The Morgan fingerprint density at radius 3 is 2.12 bits per heavy atom. The SMILES string of the molecule is C#Cc1cc2c(cc1O)C[C@@H](CCCCCN(C)CCCCCCC(F)(F)C(F)(F)C(F)(F)C(F)(F)F)[C@@H]1[C@@H]2[C@@H](F)C[C@]2(C)[C@@H](O)CC[C@@H]12. The summed E-state index contributed by atoms with van der Waals surface area (Å²) in [6.45, 7) is 3.29. The molecule has 0 bridgehead atoms. The second kappa shape index (κ2) is 14.8. The molecule has 3 aliphatic carbocycles. The maximum atomic E-state index is 16.1. The fourth-order valence-corrected chi connectivity index (χ4v) is 8.91. The number of unbranched alkanes of at least 4 members (excludes halogenated alkanes) is 5. The molecule has 0 aliphatic heterocycles. The number of phenols is 1. The van der Waals surface area contributed by atoms with Crippen LogP contribution in [0.5, 0.6) is 5.75 Å². The van der Waals surface area contributed by atoms with Crippen molar-refractivity contribution in [2.75, 3.05) is 20.1 Å². The van der Waals surface area contributed by atoms with Gasteiger partial charge in [0.05, 0.1) is 11.7 Å². The van der Waals surface area contributed by atoms with Crippen molar-refractivity contribution >= 4 is 0 Å². The van der Waals surface area contributed by atoms with Crippen molar-refractivity contribution in [3.8, 4) is 18.1 Å². The third-order valence-corrected chi connectivity index (χ3v) is 11.7. The summed E-state index contributed by atoms with van der Waals surface area (Å²) >= 11 is 0. The molecule has 0 heterocycles. The van der Waals surface area contributed by atoms with Crippen LogP contribution in [0.2, 0.25) is 0 Å². The predicted molar refractivity (Wildman–Crippen MR) is 166 cm³/mol. The highest BCUT2D eigenvalue weighted by molar-refractivity contribution is 5.52. The minimum absolute atomic E-state index is 0.0129. The van der Waals surface area contributed by atoms with Gasteiger partial charge in [-0.3, -0.25) is 0 Å². The van der Waals surface area contributed by atoms with Gasteiger partial charge in [-0.1, -0.05) is 38.5 Å². The van der Waals surface area contributed by atoms with Gasteiger partial charge in [-0.05, 0) is 118 Å². The Kier molecular flexibility index (Phi) is 12.0. The predicted octanol–water partition coefficient (Wildman–Crippen LogP) is 9.68. The summed E-state index contributed by atoms with van der Waals surface area (Å²) in [7, 11) is 1.86. The zero-order valence-corrected chi connectivity index (χ0v) is 27.9. The number of phenolic OH excluding ortho intramolecular Hbond substituents is 1. The molecule has 7 atom stereocenters. The van der Waals surface area contributed by atoms with Crippen molar-refractivity contribution in [1.29, 1.82) is 0 Å². The first-order valence-corrected chi connectivity index (χ1v) is 17.2. The third-order valence-electron chi connectivity index (χ3n) is 11.7. The summed E-state index contributed by atoms with van der Waals surface area (Å²) in [6, 6.07) is 3.45. The molecule has 0 radical (unpaired) electrons. The molecule has 1 aromatic rings. The van der Waals surface area contributed by atoms with Crippen LogP contribution in [-0.4, -0.2) is 71.5 Å². The van der Waals surface area contributed by atoms with E-state index >= 15 is 4.39 Å². The lowest BCUT2D eigenvalue weighted by Crippen LogP contribution is -2.60. The van der Waals surface area contributed by atoms with E-state index in [9.17, 15) is 49.7 Å². The lowest BCUT2D eigenvalue weighted by Gasteiger charge is -2.54. The molecule has 0 unspecified atom stereocenters. The van der Waals surface area contributed by atoms with Crippen molar-refractivity contribution in [1.82, 2.24) is 4.90 Å². The molecule has 0 saturated heterocycles. The smallest absolute Gasteiger partial charge is 0.460 e. The monoisotopic (exact) mass is 715 g/mol. The van der Waals surface area contributed by atoms with Gasteiger partial charge in [-0.25, -0.2) is 4.39 Å². The van der Waals surface area contributed by atoms with Crippen LogP contribution >= 0.6 is 0 Å². The standard InChI is InChI=1S/C36H47F10NO2/c1-4-22-19-25-24(20-28(22)48)18-23(30-26-13-14-29(49)32(26,2)21-27(37)31(25)30)12-8-7-11-17-47(3)16-10-6-5-9-15-33(38,39)34(40,41)35(42,43)36(44,45)46/h1,19-20,23,26-27,29-31,48-49H,5-18,21H2,2-3H3/t23-,26+,27+,29+,30+,31+,32+/m1/s1. The first kappa shape index (κ1) is 39.6. The maximum Gasteiger partial charge on any atom is 0.460 e. The van der Waals surface area contributed by atoms with Crippen LogP contribution in [0.3, 0.4) is 0 Å². The van der Waals surface area contributed by atoms with E-state index in [4.69, 9.17) is 6.42 Å². The Morgan fingerprint density at radius 2 is 1.51 bits per heavy atom. The molecule has 4 rings (SSSR count). The van der Waals surface area contributed by atoms with Crippen LogP contribution in [0, 0.1) is 35.5 Å². The van der Waals surface area contributed by atoms with E-state index < -0.39 is 54.5 Å². The number of nitrogens with zero attached hydrogens (tertiary/aromatic N) is 1. The van der Waals surface area contributed by atoms with E-state index in [1.807, 2.05) is 18.9 Å². The normalized spacial score (nSPS) is 29.0. The highest BCUT2D eigenvalue weighted by atomic mass is 19.4. The van der Waals surface area contributed by atoms with E-state index in [-0.39, 0.29) is 42.3 Å². The van der Waals surface area contributed by atoms with E-state index in [0.717, 1.165) is 49.8 Å². The van der Waals surface area contributed by atoms with E-state index in [0.29, 0.717) is 37.8 Å². The molecule has 2 fully saturated rings. The molecule has 0 amide bonds. The van der Waals surface area contributed by atoms with Gasteiger partial charge in [0.25, 0.3) is 0 Å². The summed E-state index contributed by atoms with van der Waals surface area (Å²) in [5.41, 5.74) is 1.66. The molecule has 0 aromatic heterocycles. The Balaban J connectivity index is 1.22. The Labute approximate surface area is 281 Å². The van der Waals surface area contributed by atoms with Gasteiger partial charge in [0.15, 0.2) is 0 Å². The summed E-state index contributed by atoms with van der Waals surface area (Å²) in [5, 5.41) is 21.3. The lowest BCUT2D eigenvalue weighted by atomic mass is 9.51. The lowest BCUT2D eigenvalue weighted by molar-refractivity contribution is -0.396. The minimum Gasteiger partial charge on any atom is -0.507 e. The van der Waals surface area contributed by atoms with Crippen molar-refractivity contribution in [3.05, 3.63) is 28.8 Å². The van der Waals surface area contributed by atoms with Gasteiger partial charge in [0.2, 0.25) is 0 Å². The van der Waals surface area contributed by atoms with Gasteiger partial charge in [-0.15, -0.1) is 6.42 Å². The fourth-order valence-electron chi connectivity index (χ4n) is 8.91. The molecule has 0 spiro atoms. The maximum absolute atomic E-state index is 16.1. The van der Waals surface area contributed by atoms with Crippen LogP contribution in [0.4, 0.5) is 43.9 Å². The molecular formula is C36H47F10NO2. The number of terminal acetylenes is 1. The number of benzene rings is 1. The van der Waals surface area contributed by atoms with Crippen molar-refractivity contribution in [3.63, 3.8) is 0 Å². The quantitative estimate of drug-likeness (QED) is 0.108. The number of aliphatic hydroxyl groups is 1.